The Bertz CT molecular complexity index is 554. The van der Waals surface area contributed by atoms with Crippen molar-refractivity contribution in [2.45, 2.75) is 12.5 Å². The number of nitrogens with two attached hydrogens (primary N) is 1. The lowest BCUT2D eigenvalue weighted by atomic mass is 10.0. The Hall–Kier alpha value is -1.82. The van der Waals surface area contributed by atoms with E-state index in [0.29, 0.717) is 6.54 Å². The van der Waals surface area contributed by atoms with Gasteiger partial charge < -0.3 is 11.1 Å². The lowest BCUT2D eigenvalue weighted by molar-refractivity contribution is 0.551. The van der Waals surface area contributed by atoms with Crippen molar-refractivity contribution in [3.8, 4) is 12.3 Å². The predicted molar refractivity (Wildman–Crippen MR) is 77.2 cm³/mol. The first-order chi connectivity index (χ1) is 8.85. The fourth-order valence-electron chi connectivity index (χ4n) is 2.08. The summed E-state index contributed by atoms with van der Waals surface area (Å²) in [4.78, 5) is 0. The highest BCUT2D eigenvalue weighted by molar-refractivity contribution is 5.83. The molecule has 0 aliphatic rings. The normalized spacial score (nSPS) is 12.2. The van der Waals surface area contributed by atoms with Crippen LogP contribution in [0.2, 0.25) is 0 Å². The molecular weight excluding hydrogens is 220 g/mol. The Balaban J connectivity index is 2.20. The lowest BCUT2D eigenvalue weighted by Gasteiger charge is -2.17. The van der Waals surface area contributed by atoms with Gasteiger partial charge in [0.25, 0.3) is 0 Å². The molecule has 0 bridgehead atoms. The van der Waals surface area contributed by atoms with Gasteiger partial charge in [0.1, 0.15) is 0 Å². The van der Waals surface area contributed by atoms with E-state index in [1.54, 1.807) is 0 Å². The molecule has 0 aliphatic carbocycles. The maximum absolute atomic E-state index is 5.82. The highest BCUT2D eigenvalue weighted by Crippen LogP contribution is 2.19. The van der Waals surface area contributed by atoms with Crippen molar-refractivity contribution in [2.24, 2.45) is 5.73 Å². The van der Waals surface area contributed by atoms with Gasteiger partial charge in [-0.3, -0.25) is 0 Å². The van der Waals surface area contributed by atoms with Gasteiger partial charge in [0, 0.05) is 25.6 Å². The molecule has 0 radical (unpaired) electrons. The van der Waals surface area contributed by atoms with Crippen molar-refractivity contribution in [1.82, 2.24) is 5.32 Å². The van der Waals surface area contributed by atoms with E-state index < -0.39 is 0 Å². The van der Waals surface area contributed by atoms with Crippen molar-refractivity contribution < 1.29 is 0 Å². The number of fused-ring (bicyclic) bond motifs is 1. The van der Waals surface area contributed by atoms with Crippen LogP contribution in [-0.2, 0) is 0 Å². The third kappa shape index (κ3) is 2.89. The van der Waals surface area contributed by atoms with Crippen molar-refractivity contribution in [3.63, 3.8) is 0 Å². The molecule has 92 valence electrons. The van der Waals surface area contributed by atoms with Crippen LogP contribution in [0.25, 0.3) is 10.8 Å². The molecule has 18 heavy (non-hydrogen) atoms. The molecule has 0 fully saturated rings. The molecule has 2 nitrogen and oxygen atoms in total. The topological polar surface area (TPSA) is 38.0 Å². The molecule has 0 aliphatic heterocycles. The summed E-state index contributed by atoms with van der Waals surface area (Å²) in [6.07, 6.45) is 5.97. The smallest absolute Gasteiger partial charge is 0.0445 e. The first kappa shape index (κ1) is 12.6. The Morgan fingerprint density at radius 1 is 1.17 bits per heavy atom. The van der Waals surface area contributed by atoms with Crippen LogP contribution in [0.15, 0.2) is 42.5 Å². The Kier molecular flexibility index (Phi) is 4.35. The molecule has 1 atom stereocenters. The number of hydrogen-bond acceptors (Lipinski definition) is 2. The van der Waals surface area contributed by atoms with Crippen LogP contribution in [0.4, 0.5) is 0 Å². The molecule has 2 aromatic rings. The zero-order valence-electron chi connectivity index (χ0n) is 10.4. The van der Waals surface area contributed by atoms with Gasteiger partial charge in [0.15, 0.2) is 0 Å². The molecule has 1 unspecified atom stereocenters. The van der Waals surface area contributed by atoms with E-state index in [9.17, 15) is 0 Å². The SMILES string of the molecule is C#CCCNC(CN)c1ccc2ccccc2c1. The molecule has 2 heteroatoms. The van der Waals surface area contributed by atoms with Gasteiger partial charge >= 0.3 is 0 Å². The second kappa shape index (κ2) is 6.20. The van der Waals surface area contributed by atoms with Crippen molar-refractivity contribution in [2.75, 3.05) is 13.1 Å². The maximum atomic E-state index is 5.82. The predicted octanol–water partition coefficient (Wildman–Crippen LogP) is 2.45. The molecular formula is C16H18N2. The summed E-state index contributed by atoms with van der Waals surface area (Å²) < 4.78 is 0. The van der Waals surface area contributed by atoms with Crippen LogP contribution in [0, 0.1) is 12.3 Å². The van der Waals surface area contributed by atoms with E-state index in [-0.39, 0.29) is 6.04 Å². The first-order valence-electron chi connectivity index (χ1n) is 6.21. The summed E-state index contributed by atoms with van der Waals surface area (Å²) in [5.74, 6) is 2.62. The van der Waals surface area contributed by atoms with Crippen molar-refractivity contribution in [3.05, 3.63) is 48.0 Å². The molecule has 0 spiro atoms. The molecule has 0 heterocycles. The van der Waals surface area contributed by atoms with E-state index in [4.69, 9.17) is 12.2 Å². The summed E-state index contributed by atoms with van der Waals surface area (Å²) in [5, 5.41) is 5.88. The second-order valence-corrected chi connectivity index (χ2v) is 4.30. The third-order valence-corrected chi connectivity index (χ3v) is 3.07. The zero-order valence-corrected chi connectivity index (χ0v) is 10.4. The van der Waals surface area contributed by atoms with Crippen LogP contribution in [-0.4, -0.2) is 13.1 Å². The number of nitrogens with one attached hydrogen (secondary N) is 1. The van der Waals surface area contributed by atoms with Gasteiger partial charge in [0.05, 0.1) is 0 Å². The van der Waals surface area contributed by atoms with Crippen molar-refractivity contribution in [1.29, 1.82) is 0 Å². The molecule has 0 saturated heterocycles. The first-order valence-corrected chi connectivity index (χ1v) is 6.21. The second-order valence-electron chi connectivity index (χ2n) is 4.30. The minimum Gasteiger partial charge on any atom is -0.329 e. The molecule has 0 amide bonds. The molecule has 2 aromatic carbocycles. The minimum atomic E-state index is 0.169. The maximum Gasteiger partial charge on any atom is 0.0445 e. The highest BCUT2D eigenvalue weighted by atomic mass is 14.9. The summed E-state index contributed by atoms with van der Waals surface area (Å²) in [6.45, 7) is 1.37. The molecule has 0 saturated carbocycles. The molecule has 0 aromatic heterocycles. The van der Waals surface area contributed by atoms with E-state index >= 15 is 0 Å². The number of hydrogen-bond donors (Lipinski definition) is 2. The van der Waals surface area contributed by atoms with E-state index in [2.05, 4.69) is 47.6 Å². The van der Waals surface area contributed by atoms with Gasteiger partial charge in [-0.1, -0.05) is 36.4 Å². The Morgan fingerprint density at radius 2 is 1.94 bits per heavy atom. The molecule has 3 N–H and O–H groups in total. The zero-order chi connectivity index (χ0) is 12.8. The van der Waals surface area contributed by atoms with Crippen LogP contribution in [0.5, 0.6) is 0 Å². The highest BCUT2D eigenvalue weighted by Gasteiger charge is 2.08. The average molecular weight is 238 g/mol. The van der Waals surface area contributed by atoms with E-state index in [1.165, 1.54) is 16.3 Å². The van der Waals surface area contributed by atoms with E-state index in [0.717, 1.165) is 13.0 Å². The van der Waals surface area contributed by atoms with Crippen LogP contribution < -0.4 is 11.1 Å². The number of terminal acetylenes is 1. The summed E-state index contributed by atoms with van der Waals surface area (Å²) in [6, 6.07) is 15.0. The molecule has 2 rings (SSSR count). The van der Waals surface area contributed by atoms with Gasteiger partial charge in [0.2, 0.25) is 0 Å². The number of rotatable bonds is 5. The van der Waals surface area contributed by atoms with Gasteiger partial charge in [-0.25, -0.2) is 0 Å². The van der Waals surface area contributed by atoms with Crippen LogP contribution >= 0.6 is 0 Å². The standard InChI is InChI=1S/C16H18N2/c1-2-3-10-18-16(12-17)15-9-8-13-6-4-5-7-14(13)11-15/h1,4-9,11,16,18H,3,10,12,17H2. The monoisotopic (exact) mass is 238 g/mol. The fraction of sp³-hybridized carbons (Fsp3) is 0.250. The van der Waals surface area contributed by atoms with Crippen LogP contribution in [0.3, 0.4) is 0 Å². The average Bonchev–Trinajstić information content (AvgIpc) is 2.43. The van der Waals surface area contributed by atoms with Gasteiger partial charge in [-0.15, -0.1) is 12.3 Å². The Labute approximate surface area is 108 Å². The van der Waals surface area contributed by atoms with Crippen molar-refractivity contribution >= 4 is 10.8 Å². The lowest BCUT2D eigenvalue weighted by Crippen LogP contribution is -2.28. The van der Waals surface area contributed by atoms with E-state index in [1.807, 2.05) is 6.07 Å². The van der Waals surface area contributed by atoms with Gasteiger partial charge in [-0.05, 0) is 22.4 Å². The fourth-order valence-corrected chi connectivity index (χ4v) is 2.08. The van der Waals surface area contributed by atoms with Crippen LogP contribution in [0.1, 0.15) is 18.0 Å². The van der Waals surface area contributed by atoms with Gasteiger partial charge in [-0.2, -0.15) is 0 Å². The largest absolute Gasteiger partial charge is 0.329 e. The summed E-state index contributed by atoms with van der Waals surface area (Å²) >= 11 is 0. The quantitative estimate of drug-likeness (QED) is 0.620. The number of benzene rings is 2. The minimum absolute atomic E-state index is 0.169. The Morgan fingerprint density at radius 3 is 2.67 bits per heavy atom. The summed E-state index contributed by atoms with van der Waals surface area (Å²) in [5.41, 5.74) is 7.03. The third-order valence-electron chi connectivity index (χ3n) is 3.07. The summed E-state index contributed by atoms with van der Waals surface area (Å²) in [7, 11) is 0.